The molecule has 2 heteroatoms. The van der Waals surface area contributed by atoms with Crippen LogP contribution in [-0.2, 0) is 0 Å². The molecule has 46 valence electrons. The van der Waals surface area contributed by atoms with E-state index in [0.717, 1.165) is 5.57 Å². The first-order valence-electron chi connectivity index (χ1n) is 2.95. The maximum absolute atomic E-state index is 8.52. The molecule has 0 unspecified atom stereocenters. The molecule has 1 nitrogen and oxygen atoms in total. The zero-order chi connectivity index (χ0) is 6.57. The van der Waals surface area contributed by atoms with E-state index in [9.17, 15) is 0 Å². The molecular weight excluding hydrogens is 98.9 g/mol. The van der Waals surface area contributed by atoms with Gasteiger partial charge in [0.25, 0.3) is 0 Å². The van der Waals surface area contributed by atoms with Gasteiger partial charge in [0.15, 0.2) is 6.71 Å². The molecule has 0 spiro atoms. The molecule has 0 aliphatic rings. The summed E-state index contributed by atoms with van der Waals surface area (Å²) in [5, 5.41) is 8.52. The lowest BCUT2D eigenvalue weighted by atomic mass is 9.54. The van der Waals surface area contributed by atoms with Crippen molar-refractivity contribution in [2.45, 2.75) is 20.6 Å². The SMILES string of the molecule is CB(C)/C=C(/C)CO. The van der Waals surface area contributed by atoms with Crippen molar-refractivity contribution in [2.75, 3.05) is 6.61 Å². The van der Waals surface area contributed by atoms with Crippen molar-refractivity contribution in [3.8, 4) is 0 Å². The molecule has 0 saturated carbocycles. The van der Waals surface area contributed by atoms with E-state index in [-0.39, 0.29) is 6.61 Å². The molecule has 0 bridgehead atoms. The predicted octanol–water partition coefficient (Wildman–Crippen LogP) is 1.22. The van der Waals surface area contributed by atoms with Gasteiger partial charge in [-0.3, -0.25) is 0 Å². The Labute approximate surface area is 51.5 Å². The second-order valence-corrected chi connectivity index (χ2v) is 2.42. The smallest absolute Gasteiger partial charge is 0.160 e. The van der Waals surface area contributed by atoms with Gasteiger partial charge < -0.3 is 5.11 Å². The summed E-state index contributed by atoms with van der Waals surface area (Å²) in [6, 6.07) is 0. The van der Waals surface area contributed by atoms with Crippen molar-refractivity contribution in [2.24, 2.45) is 0 Å². The third-order valence-corrected chi connectivity index (χ3v) is 0.867. The Morgan fingerprint density at radius 3 is 2.25 bits per heavy atom. The van der Waals surface area contributed by atoms with Gasteiger partial charge in [0.1, 0.15) is 0 Å². The van der Waals surface area contributed by atoms with E-state index < -0.39 is 0 Å². The minimum Gasteiger partial charge on any atom is -0.392 e. The van der Waals surface area contributed by atoms with Gasteiger partial charge in [0.05, 0.1) is 6.61 Å². The predicted molar refractivity (Wildman–Crippen MR) is 38.3 cm³/mol. The first kappa shape index (κ1) is 7.76. The van der Waals surface area contributed by atoms with Gasteiger partial charge in [0.2, 0.25) is 0 Å². The highest BCUT2D eigenvalue weighted by molar-refractivity contribution is 6.61. The van der Waals surface area contributed by atoms with E-state index in [1.807, 2.05) is 6.92 Å². The van der Waals surface area contributed by atoms with E-state index >= 15 is 0 Å². The van der Waals surface area contributed by atoms with Gasteiger partial charge in [0, 0.05) is 0 Å². The highest BCUT2D eigenvalue weighted by atomic mass is 16.3. The number of rotatable bonds is 2. The van der Waals surface area contributed by atoms with Gasteiger partial charge in [-0.2, -0.15) is 0 Å². The van der Waals surface area contributed by atoms with Crippen molar-refractivity contribution < 1.29 is 5.11 Å². The zero-order valence-corrected chi connectivity index (χ0v) is 5.81. The van der Waals surface area contributed by atoms with Crippen LogP contribution >= 0.6 is 0 Å². The summed E-state index contributed by atoms with van der Waals surface area (Å²) in [5.41, 5.74) is 1.06. The molecule has 0 rings (SSSR count). The number of hydrogen-bond acceptors (Lipinski definition) is 1. The van der Waals surface area contributed by atoms with Crippen LogP contribution in [0.1, 0.15) is 6.92 Å². The molecular formula is C6H13BO. The van der Waals surface area contributed by atoms with E-state index in [1.165, 1.54) is 0 Å². The summed E-state index contributed by atoms with van der Waals surface area (Å²) in [6.45, 7) is 6.87. The van der Waals surface area contributed by atoms with Crippen molar-refractivity contribution in [1.82, 2.24) is 0 Å². The quantitative estimate of drug-likeness (QED) is 0.532. The Kier molecular flexibility index (Phi) is 3.62. The summed E-state index contributed by atoms with van der Waals surface area (Å²) in [7, 11) is 0. The largest absolute Gasteiger partial charge is 0.392 e. The monoisotopic (exact) mass is 112 g/mol. The Balaban J connectivity index is 3.56. The first-order valence-corrected chi connectivity index (χ1v) is 2.95. The lowest BCUT2D eigenvalue weighted by molar-refractivity contribution is 0.331. The number of hydrogen-bond donors (Lipinski definition) is 1. The van der Waals surface area contributed by atoms with Gasteiger partial charge in [-0.15, -0.1) is 5.98 Å². The molecule has 0 fully saturated rings. The standard InChI is InChI=1S/C6H13BO/c1-6(5-8)4-7(2)3/h4,8H,5H2,1-3H3/b6-4-. The molecule has 0 aromatic rings. The maximum Gasteiger partial charge on any atom is 0.160 e. The van der Waals surface area contributed by atoms with E-state index in [1.54, 1.807) is 0 Å². The summed E-state index contributed by atoms with van der Waals surface area (Å²) >= 11 is 0. The lowest BCUT2D eigenvalue weighted by Crippen LogP contribution is -1.97. The van der Waals surface area contributed by atoms with Gasteiger partial charge in [-0.05, 0) is 6.92 Å². The average Bonchev–Trinajstić information content (AvgIpc) is 1.65. The zero-order valence-electron chi connectivity index (χ0n) is 5.81. The molecule has 0 aliphatic carbocycles. The topological polar surface area (TPSA) is 20.2 Å². The van der Waals surface area contributed by atoms with Crippen LogP contribution in [0.2, 0.25) is 13.6 Å². The van der Waals surface area contributed by atoms with Crippen LogP contribution in [0.25, 0.3) is 0 Å². The highest BCUT2D eigenvalue weighted by Gasteiger charge is 1.91. The normalized spacial score (nSPS) is 11.8. The molecule has 1 N–H and O–H groups in total. The fraction of sp³-hybridized carbons (Fsp3) is 0.667. The Hall–Kier alpha value is -0.235. The molecule has 0 aromatic heterocycles. The van der Waals surface area contributed by atoms with Gasteiger partial charge >= 0.3 is 0 Å². The number of aliphatic hydroxyl groups is 1. The molecule has 0 aliphatic heterocycles. The van der Waals surface area contributed by atoms with Crippen molar-refractivity contribution in [1.29, 1.82) is 0 Å². The molecule has 8 heavy (non-hydrogen) atoms. The average molecular weight is 112 g/mol. The van der Waals surface area contributed by atoms with E-state index in [4.69, 9.17) is 5.11 Å². The molecule has 0 aromatic carbocycles. The third-order valence-electron chi connectivity index (χ3n) is 0.867. The van der Waals surface area contributed by atoms with Crippen LogP contribution in [0.4, 0.5) is 0 Å². The van der Waals surface area contributed by atoms with Crippen LogP contribution in [0.5, 0.6) is 0 Å². The highest BCUT2D eigenvalue weighted by Crippen LogP contribution is 1.91. The van der Waals surface area contributed by atoms with E-state index in [2.05, 4.69) is 19.6 Å². The summed E-state index contributed by atoms with van der Waals surface area (Å²) < 4.78 is 0. The molecule has 0 saturated heterocycles. The summed E-state index contributed by atoms with van der Waals surface area (Å²) in [5.74, 6) is 2.06. The molecule has 0 amide bonds. The molecule has 0 atom stereocenters. The number of aliphatic hydroxyl groups excluding tert-OH is 1. The van der Waals surface area contributed by atoms with Crippen LogP contribution in [0, 0.1) is 0 Å². The van der Waals surface area contributed by atoms with Crippen molar-refractivity contribution >= 4 is 6.71 Å². The minimum atomic E-state index is 0.193. The van der Waals surface area contributed by atoms with E-state index in [0.29, 0.717) is 6.71 Å². The Morgan fingerprint density at radius 2 is 2.12 bits per heavy atom. The van der Waals surface area contributed by atoms with Crippen molar-refractivity contribution in [3.05, 3.63) is 11.5 Å². The molecule has 0 heterocycles. The lowest BCUT2D eigenvalue weighted by Gasteiger charge is -1.93. The minimum absolute atomic E-state index is 0.193. The fourth-order valence-electron chi connectivity index (χ4n) is 0.622. The second-order valence-electron chi connectivity index (χ2n) is 2.42. The first-order chi connectivity index (χ1) is 3.66. The van der Waals surface area contributed by atoms with Gasteiger partial charge in [-0.25, -0.2) is 0 Å². The second kappa shape index (κ2) is 3.73. The fourth-order valence-corrected chi connectivity index (χ4v) is 0.622. The summed E-state index contributed by atoms with van der Waals surface area (Å²) in [4.78, 5) is 0. The third kappa shape index (κ3) is 3.94. The Bertz CT molecular complexity index is 86.5. The van der Waals surface area contributed by atoms with Crippen molar-refractivity contribution in [3.63, 3.8) is 0 Å². The van der Waals surface area contributed by atoms with Gasteiger partial charge in [-0.1, -0.05) is 19.2 Å². The Morgan fingerprint density at radius 1 is 1.62 bits per heavy atom. The van der Waals surface area contributed by atoms with Crippen LogP contribution in [0.3, 0.4) is 0 Å². The van der Waals surface area contributed by atoms with Crippen LogP contribution in [0.15, 0.2) is 11.5 Å². The summed E-state index contributed by atoms with van der Waals surface area (Å²) in [6.07, 6.45) is 0. The van der Waals surface area contributed by atoms with Crippen LogP contribution < -0.4 is 0 Å². The molecule has 0 radical (unpaired) electrons. The van der Waals surface area contributed by atoms with Crippen LogP contribution in [-0.4, -0.2) is 18.4 Å². The maximum atomic E-state index is 8.52.